The quantitative estimate of drug-likeness (QED) is 0.455. The Morgan fingerprint density at radius 3 is 2.51 bits per heavy atom. The topological polar surface area (TPSA) is 116 Å². The van der Waals surface area contributed by atoms with Crippen LogP contribution in [0.25, 0.3) is 0 Å². The van der Waals surface area contributed by atoms with Gasteiger partial charge in [0, 0.05) is 18.2 Å². The van der Waals surface area contributed by atoms with E-state index in [1.54, 1.807) is 20.8 Å². The standard InChI is InChI=1S/C22H25Cl2F3N4O6/c1-21(2,3)37-20(33)31-11-13(28-17(32)12-4-6-14(23)15(24)10-12)5-7-16(31)18-29-30-19(36-18)34-8-9-35-22(25,26)27/h4,6,10,13,16H,5,7-9,11H2,1-3H3,(H,28,32)/t13-,16+/m1/s1. The van der Waals surface area contributed by atoms with Crippen LogP contribution in [0.2, 0.25) is 10.0 Å². The summed E-state index contributed by atoms with van der Waals surface area (Å²) in [6.07, 6.45) is -5.09. The van der Waals surface area contributed by atoms with Gasteiger partial charge in [0.25, 0.3) is 5.91 Å². The third-order valence-corrected chi connectivity index (χ3v) is 5.75. The van der Waals surface area contributed by atoms with Gasteiger partial charge < -0.3 is 19.2 Å². The van der Waals surface area contributed by atoms with Gasteiger partial charge in [-0.25, -0.2) is 4.79 Å². The minimum Gasteiger partial charge on any atom is -0.447 e. The number of benzene rings is 1. The third kappa shape index (κ3) is 8.64. The molecule has 1 aliphatic rings. The summed E-state index contributed by atoms with van der Waals surface area (Å²) in [6.45, 7) is 3.92. The van der Waals surface area contributed by atoms with Crippen molar-refractivity contribution in [2.24, 2.45) is 0 Å². The fourth-order valence-electron chi connectivity index (χ4n) is 3.47. The number of nitrogens with one attached hydrogen (secondary N) is 1. The molecular formula is C22H25Cl2F3N4O6. The average Bonchev–Trinajstić information content (AvgIpc) is 3.25. The molecule has 1 aromatic carbocycles. The summed E-state index contributed by atoms with van der Waals surface area (Å²) in [4.78, 5) is 27.1. The molecule has 2 atom stereocenters. The molecule has 1 N–H and O–H groups in total. The largest absolute Gasteiger partial charge is 0.522 e. The zero-order valence-corrected chi connectivity index (χ0v) is 21.6. The minimum absolute atomic E-state index is 0.00635. The molecule has 2 amide bonds. The van der Waals surface area contributed by atoms with Crippen molar-refractivity contribution in [2.75, 3.05) is 19.8 Å². The molecule has 1 fully saturated rings. The number of carbonyl (C=O) groups excluding carboxylic acids is 2. The van der Waals surface area contributed by atoms with Crippen LogP contribution >= 0.6 is 23.2 Å². The average molecular weight is 569 g/mol. The first-order chi connectivity index (χ1) is 17.2. The van der Waals surface area contributed by atoms with Crippen molar-refractivity contribution in [3.8, 4) is 6.08 Å². The fourth-order valence-corrected chi connectivity index (χ4v) is 3.77. The number of alkyl halides is 3. The van der Waals surface area contributed by atoms with Gasteiger partial charge in [-0.2, -0.15) is 0 Å². The Kier molecular flexibility index (Phi) is 9.13. The fraction of sp³-hybridized carbons (Fsp3) is 0.545. The van der Waals surface area contributed by atoms with E-state index in [4.69, 9.17) is 37.1 Å². The molecule has 0 bridgehead atoms. The number of piperidine rings is 1. The lowest BCUT2D eigenvalue weighted by atomic mass is 9.98. The number of amides is 2. The van der Waals surface area contributed by atoms with E-state index in [1.165, 1.54) is 23.1 Å². The molecule has 0 saturated carbocycles. The molecule has 0 spiro atoms. The summed E-state index contributed by atoms with van der Waals surface area (Å²) >= 11 is 11.9. The smallest absolute Gasteiger partial charge is 0.447 e. The number of hydrogen-bond acceptors (Lipinski definition) is 8. The van der Waals surface area contributed by atoms with Crippen LogP contribution in [0.15, 0.2) is 22.6 Å². The van der Waals surface area contributed by atoms with Crippen LogP contribution in [0.3, 0.4) is 0 Å². The van der Waals surface area contributed by atoms with Gasteiger partial charge in [-0.1, -0.05) is 28.3 Å². The van der Waals surface area contributed by atoms with E-state index in [1.807, 2.05) is 0 Å². The molecule has 2 heterocycles. The number of aromatic nitrogens is 2. The van der Waals surface area contributed by atoms with E-state index in [9.17, 15) is 22.8 Å². The number of likely N-dealkylation sites (tertiary alicyclic amines) is 1. The Bertz CT molecular complexity index is 1110. The second-order valence-electron chi connectivity index (χ2n) is 9.07. The Balaban J connectivity index is 1.69. The summed E-state index contributed by atoms with van der Waals surface area (Å²) in [6, 6.07) is 3.32. The lowest BCUT2D eigenvalue weighted by Gasteiger charge is -2.38. The van der Waals surface area contributed by atoms with Crippen molar-refractivity contribution < 1.29 is 41.4 Å². The van der Waals surface area contributed by atoms with E-state index in [0.29, 0.717) is 23.4 Å². The van der Waals surface area contributed by atoms with Gasteiger partial charge >= 0.3 is 18.5 Å². The third-order valence-electron chi connectivity index (χ3n) is 5.01. The number of rotatable bonds is 7. The molecule has 15 heteroatoms. The lowest BCUT2D eigenvalue weighted by molar-refractivity contribution is -0.325. The summed E-state index contributed by atoms with van der Waals surface area (Å²) in [7, 11) is 0. The first kappa shape index (κ1) is 28.8. The summed E-state index contributed by atoms with van der Waals surface area (Å²) in [5, 5.41) is 11.0. The summed E-state index contributed by atoms with van der Waals surface area (Å²) in [5.74, 6) is -0.396. The van der Waals surface area contributed by atoms with Gasteiger partial charge in [-0.3, -0.25) is 14.4 Å². The monoisotopic (exact) mass is 568 g/mol. The number of carbonyl (C=O) groups is 2. The van der Waals surface area contributed by atoms with Crippen LogP contribution in [-0.4, -0.2) is 64.9 Å². The van der Waals surface area contributed by atoms with E-state index >= 15 is 0 Å². The van der Waals surface area contributed by atoms with Crippen LogP contribution in [-0.2, 0) is 9.47 Å². The zero-order valence-electron chi connectivity index (χ0n) is 20.1. The van der Waals surface area contributed by atoms with Crippen LogP contribution in [0.4, 0.5) is 18.0 Å². The van der Waals surface area contributed by atoms with Gasteiger partial charge in [0.1, 0.15) is 18.2 Å². The number of halogens is 5. The molecule has 10 nitrogen and oxygen atoms in total. The van der Waals surface area contributed by atoms with Crippen molar-refractivity contribution in [2.45, 2.75) is 57.7 Å². The Hall–Kier alpha value is -2.77. The van der Waals surface area contributed by atoms with E-state index in [2.05, 4.69) is 20.3 Å². The highest BCUT2D eigenvalue weighted by Crippen LogP contribution is 2.33. The Morgan fingerprint density at radius 1 is 1.14 bits per heavy atom. The zero-order chi connectivity index (χ0) is 27.4. The number of nitrogens with zero attached hydrogens (tertiary/aromatic N) is 3. The maximum Gasteiger partial charge on any atom is 0.522 e. The highest BCUT2D eigenvalue weighted by molar-refractivity contribution is 6.42. The molecule has 1 saturated heterocycles. The van der Waals surface area contributed by atoms with Crippen molar-refractivity contribution >= 4 is 35.2 Å². The SMILES string of the molecule is CC(C)(C)OC(=O)N1C[C@H](NC(=O)c2ccc(Cl)c(Cl)c2)CC[C@H]1c1nnc(OCCOC(F)(F)F)o1. The predicted octanol–water partition coefficient (Wildman–Crippen LogP) is 5.16. The van der Waals surface area contributed by atoms with Gasteiger partial charge in [-0.05, 0) is 51.8 Å². The van der Waals surface area contributed by atoms with Gasteiger partial charge in [0.05, 0.1) is 16.7 Å². The number of hydrogen-bond donors (Lipinski definition) is 1. The summed E-state index contributed by atoms with van der Waals surface area (Å²) < 4.78 is 55.8. The van der Waals surface area contributed by atoms with E-state index in [-0.39, 0.29) is 23.5 Å². The number of ether oxygens (including phenoxy) is 3. The molecule has 37 heavy (non-hydrogen) atoms. The van der Waals surface area contributed by atoms with Crippen LogP contribution in [0, 0.1) is 0 Å². The first-order valence-electron chi connectivity index (χ1n) is 11.1. The van der Waals surface area contributed by atoms with Crippen LogP contribution in [0.1, 0.15) is 55.9 Å². The maximum absolute atomic E-state index is 13.0. The van der Waals surface area contributed by atoms with Crippen LogP contribution < -0.4 is 10.1 Å². The molecular weight excluding hydrogens is 544 g/mol. The van der Waals surface area contributed by atoms with E-state index in [0.717, 1.165) is 0 Å². The normalized spacial score (nSPS) is 18.4. The molecule has 0 unspecified atom stereocenters. The van der Waals surface area contributed by atoms with Crippen LogP contribution in [0.5, 0.6) is 6.08 Å². The molecule has 1 aromatic heterocycles. The second kappa shape index (κ2) is 11.7. The van der Waals surface area contributed by atoms with E-state index < -0.39 is 49.3 Å². The Morgan fingerprint density at radius 2 is 1.86 bits per heavy atom. The van der Waals surface area contributed by atoms with Gasteiger partial charge in [0.2, 0.25) is 5.89 Å². The highest BCUT2D eigenvalue weighted by Gasteiger charge is 2.39. The molecule has 2 aromatic rings. The first-order valence-corrected chi connectivity index (χ1v) is 11.9. The van der Waals surface area contributed by atoms with Crippen molar-refractivity contribution in [3.63, 3.8) is 0 Å². The van der Waals surface area contributed by atoms with Crippen molar-refractivity contribution in [1.29, 1.82) is 0 Å². The molecule has 0 aliphatic carbocycles. The molecule has 3 rings (SSSR count). The van der Waals surface area contributed by atoms with Crippen molar-refractivity contribution in [3.05, 3.63) is 39.7 Å². The molecule has 1 aliphatic heterocycles. The van der Waals surface area contributed by atoms with Crippen molar-refractivity contribution in [1.82, 2.24) is 20.4 Å². The predicted molar refractivity (Wildman–Crippen MR) is 124 cm³/mol. The molecule has 204 valence electrons. The summed E-state index contributed by atoms with van der Waals surface area (Å²) in [5.41, 5.74) is -0.507. The van der Waals surface area contributed by atoms with Gasteiger partial charge in [0.15, 0.2) is 0 Å². The molecule has 0 radical (unpaired) electrons. The van der Waals surface area contributed by atoms with Gasteiger partial charge in [-0.15, -0.1) is 18.3 Å². The minimum atomic E-state index is -4.79. The highest BCUT2D eigenvalue weighted by atomic mass is 35.5. The Labute approximate surface area is 220 Å². The second-order valence-corrected chi connectivity index (χ2v) is 9.89. The lowest BCUT2D eigenvalue weighted by Crippen LogP contribution is -2.52. The maximum atomic E-state index is 13.0.